The van der Waals surface area contributed by atoms with Crippen molar-refractivity contribution in [1.29, 1.82) is 0 Å². The van der Waals surface area contributed by atoms with Gasteiger partial charge in [0.1, 0.15) is 11.5 Å². The minimum atomic E-state index is -0.429. The molecule has 0 fully saturated rings. The fraction of sp³-hybridized carbons (Fsp3) is 0.0526. The molecule has 0 saturated heterocycles. The van der Waals surface area contributed by atoms with Crippen LogP contribution in [0.2, 0.25) is 0 Å². The van der Waals surface area contributed by atoms with Crippen molar-refractivity contribution in [2.45, 2.75) is 6.92 Å². The molecule has 1 aromatic heterocycles. The van der Waals surface area contributed by atoms with Gasteiger partial charge in [-0.25, -0.2) is 5.43 Å². The van der Waals surface area contributed by atoms with Crippen molar-refractivity contribution < 1.29 is 14.1 Å². The number of carbonyl (C=O) groups is 1. The van der Waals surface area contributed by atoms with Crippen LogP contribution in [0.3, 0.4) is 0 Å². The summed E-state index contributed by atoms with van der Waals surface area (Å²) in [6, 6.07) is 15.2. The average molecular weight is 428 g/mol. The number of halogens is 1. The average Bonchev–Trinajstić information content (AvgIpc) is 3.11. The Morgan fingerprint density at radius 1 is 1.22 bits per heavy atom. The first-order chi connectivity index (χ1) is 13.0. The Labute approximate surface area is 163 Å². The number of aryl methyl sites for hydroxylation is 1. The third-order valence-electron chi connectivity index (χ3n) is 3.79. The number of carbonyl (C=O) groups excluding carboxylic acids is 1. The van der Waals surface area contributed by atoms with Crippen LogP contribution < -0.4 is 5.43 Å². The van der Waals surface area contributed by atoms with Crippen LogP contribution in [0.5, 0.6) is 0 Å². The number of amides is 1. The Morgan fingerprint density at radius 2 is 2.00 bits per heavy atom. The van der Waals surface area contributed by atoms with Gasteiger partial charge in [0.15, 0.2) is 0 Å². The molecule has 27 heavy (non-hydrogen) atoms. The molecule has 0 atom stereocenters. The normalized spacial score (nSPS) is 10.9. The quantitative estimate of drug-likeness (QED) is 0.362. The Balaban J connectivity index is 1.72. The third-order valence-corrected chi connectivity index (χ3v) is 4.49. The summed E-state index contributed by atoms with van der Waals surface area (Å²) < 4.78 is 6.29. The van der Waals surface area contributed by atoms with Crippen molar-refractivity contribution in [3.8, 4) is 11.3 Å². The maximum absolute atomic E-state index is 12.1. The second-order valence-corrected chi connectivity index (χ2v) is 6.49. The third kappa shape index (κ3) is 4.29. The number of hydrazone groups is 1. The van der Waals surface area contributed by atoms with Gasteiger partial charge in [0, 0.05) is 21.7 Å². The van der Waals surface area contributed by atoms with Gasteiger partial charge < -0.3 is 4.42 Å². The van der Waals surface area contributed by atoms with E-state index < -0.39 is 4.92 Å². The van der Waals surface area contributed by atoms with Crippen LogP contribution in [-0.4, -0.2) is 17.0 Å². The van der Waals surface area contributed by atoms with Gasteiger partial charge in [-0.1, -0.05) is 24.3 Å². The van der Waals surface area contributed by atoms with E-state index in [2.05, 4.69) is 26.5 Å². The monoisotopic (exact) mass is 427 g/mol. The molecule has 7 nitrogen and oxygen atoms in total. The number of nitrogens with zero attached hydrogens (tertiary/aromatic N) is 2. The van der Waals surface area contributed by atoms with E-state index in [0.29, 0.717) is 32.7 Å². The Bertz CT molecular complexity index is 1040. The molecule has 8 heteroatoms. The lowest BCUT2D eigenvalue weighted by Gasteiger charge is -2.01. The van der Waals surface area contributed by atoms with Crippen molar-refractivity contribution >= 4 is 33.7 Å². The predicted molar refractivity (Wildman–Crippen MR) is 105 cm³/mol. The molecular weight excluding hydrogens is 414 g/mol. The van der Waals surface area contributed by atoms with Gasteiger partial charge in [-0.05, 0) is 47.1 Å². The van der Waals surface area contributed by atoms with E-state index in [1.165, 1.54) is 12.3 Å². The molecule has 0 spiro atoms. The van der Waals surface area contributed by atoms with Gasteiger partial charge in [-0.2, -0.15) is 5.10 Å². The van der Waals surface area contributed by atoms with Crippen LogP contribution in [0.1, 0.15) is 21.7 Å². The number of hydrogen-bond donors (Lipinski definition) is 1. The van der Waals surface area contributed by atoms with Gasteiger partial charge in [0.2, 0.25) is 0 Å². The van der Waals surface area contributed by atoms with Crippen LogP contribution in [-0.2, 0) is 0 Å². The summed E-state index contributed by atoms with van der Waals surface area (Å²) in [6.45, 7) is 1.68. The lowest BCUT2D eigenvalue weighted by molar-refractivity contribution is -0.385. The van der Waals surface area contributed by atoms with Crippen molar-refractivity contribution in [2.75, 3.05) is 0 Å². The number of nitrogens with one attached hydrogen (secondary N) is 1. The van der Waals surface area contributed by atoms with Crippen LogP contribution >= 0.6 is 15.9 Å². The molecule has 1 heterocycles. The molecule has 3 aromatic rings. The van der Waals surface area contributed by atoms with E-state index in [0.717, 1.165) is 0 Å². The van der Waals surface area contributed by atoms with E-state index in [1.54, 1.807) is 49.4 Å². The molecule has 0 radical (unpaired) electrons. The Hall–Kier alpha value is -3.26. The lowest BCUT2D eigenvalue weighted by Crippen LogP contribution is -2.17. The summed E-state index contributed by atoms with van der Waals surface area (Å²) in [5, 5.41) is 14.9. The highest BCUT2D eigenvalue weighted by molar-refractivity contribution is 9.10. The van der Waals surface area contributed by atoms with E-state index in [1.807, 2.05) is 6.07 Å². The van der Waals surface area contributed by atoms with Crippen LogP contribution in [0, 0.1) is 17.0 Å². The Kier molecular flexibility index (Phi) is 5.46. The Morgan fingerprint density at radius 3 is 2.74 bits per heavy atom. The highest BCUT2D eigenvalue weighted by Crippen LogP contribution is 2.27. The number of rotatable bonds is 5. The SMILES string of the molecule is Cc1ccc(-c2ccc(/C=N/NC(=O)c3ccccc3Br)o2)cc1[N+](=O)[O-]. The number of hydrogen-bond acceptors (Lipinski definition) is 5. The van der Waals surface area contributed by atoms with Gasteiger partial charge in [-0.15, -0.1) is 0 Å². The number of furan rings is 1. The number of nitro benzene ring substituents is 1. The summed E-state index contributed by atoms with van der Waals surface area (Å²) in [4.78, 5) is 22.7. The summed E-state index contributed by atoms with van der Waals surface area (Å²) in [6.07, 6.45) is 1.36. The maximum Gasteiger partial charge on any atom is 0.273 e. The minimum absolute atomic E-state index is 0.0276. The van der Waals surface area contributed by atoms with Gasteiger partial charge in [0.25, 0.3) is 11.6 Å². The number of benzene rings is 2. The summed E-state index contributed by atoms with van der Waals surface area (Å²) in [5.74, 6) is 0.511. The van der Waals surface area contributed by atoms with Gasteiger partial charge in [0.05, 0.1) is 16.7 Å². The van der Waals surface area contributed by atoms with E-state index >= 15 is 0 Å². The number of nitro groups is 1. The first kappa shape index (κ1) is 18.5. The zero-order valence-corrected chi connectivity index (χ0v) is 15.8. The lowest BCUT2D eigenvalue weighted by atomic mass is 10.1. The summed E-state index contributed by atoms with van der Waals surface area (Å²) in [5.41, 5.74) is 4.07. The zero-order chi connectivity index (χ0) is 19.4. The van der Waals surface area contributed by atoms with Crippen molar-refractivity contribution in [3.05, 3.63) is 86.1 Å². The molecule has 136 valence electrons. The fourth-order valence-corrected chi connectivity index (χ4v) is 2.86. The molecule has 2 aromatic carbocycles. The molecule has 3 rings (SSSR count). The molecule has 1 amide bonds. The van der Waals surface area contributed by atoms with Gasteiger partial charge in [-0.3, -0.25) is 14.9 Å². The molecule has 0 aliphatic rings. The van der Waals surface area contributed by atoms with E-state index in [4.69, 9.17) is 4.42 Å². The smallest absolute Gasteiger partial charge is 0.273 e. The van der Waals surface area contributed by atoms with Crippen LogP contribution in [0.4, 0.5) is 5.69 Å². The summed E-state index contributed by atoms with van der Waals surface area (Å²) >= 11 is 3.30. The standard InChI is InChI=1S/C19H14BrN3O4/c1-12-6-7-13(10-17(12)23(25)26)18-9-8-14(27-18)11-21-22-19(24)15-4-2-3-5-16(15)20/h2-11H,1H3,(H,22,24)/b21-11+. The fourth-order valence-electron chi connectivity index (χ4n) is 2.40. The minimum Gasteiger partial charge on any atom is -0.455 e. The van der Waals surface area contributed by atoms with Crippen molar-refractivity contribution in [2.24, 2.45) is 5.10 Å². The van der Waals surface area contributed by atoms with E-state index in [9.17, 15) is 14.9 Å². The first-order valence-corrected chi connectivity index (χ1v) is 8.68. The first-order valence-electron chi connectivity index (χ1n) is 7.89. The topological polar surface area (TPSA) is 97.7 Å². The highest BCUT2D eigenvalue weighted by Gasteiger charge is 2.13. The second-order valence-electron chi connectivity index (χ2n) is 5.64. The second kappa shape index (κ2) is 7.96. The molecule has 0 aliphatic heterocycles. The van der Waals surface area contributed by atoms with Crippen molar-refractivity contribution in [1.82, 2.24) is 5.43 Å². The zero-order valence-electron chi connectivity index (χ0n) is 14.2. The summed E-state index contributed by atoms with van der Waals surface area (Å²) in [7, 11) is 0. The van der Waals surface area contributed by atoms with E-state index in [-0.39, 0.29) is 11.6 Å². The van der Waals surface area contributed by atoms with Crippen LogP contribution in [0.15, 0.2) is 68.6 Å². The van der Waals surface area contributed by atoms with Crippen molar-refractivity contribution in [3.63, 3.8) is 0 Å². The van der Waals surface area contributed by atoms with Gasteiger partial charge >= 0.3 is 0 Å². The highest BCUT2D eigenvalue weighted by atomic mass is 79.9. The molecule has 1 N–H and O–H groups in total. The largest absolute Gasteiger partial charge is 0.455 e. The maximum atomic E-state index is 12.1. The molecule has 0 unspecified atom stereocenters. The molecule has 0 aliphatic carbocycles. The molecule has 0 bridgehead atoms. The molecule has 0 saturated carbocycles. The molecular formula is C19H14BrN3O4. The predicted octanol–water partition coefficient (Wildman–Crippen LogP) is 4.69. The van der Waals surface area contributed by atoms with Crippen LogP contribution in [0.25, 0.3) is 11.3 Å².